The maximum atomic E-state index is 9.84. The molecule has 3 N–H and O–H groups in total. The number of carbonyl (C=O) groups excluding carboxylic acids is 2. The van der Waals surface area contributed by atoms with Crippen molar-refractivity contribution < 1.29 is 41.1 Å². The van der Waals surface area contributed by atoms with Crippen LogP contribution in [0.15, 0.2) is 37.5 Å². The molecule has 0 fully saturated rings. The van der Waals surface area contributed by atoms with E-state index < -0.39 is 17.8 Å². The summed E-state index contributed by atoms with van der Waals surface area (Å²) in [7, 11) is 7.94. The largest absolute Gasteiger partial charge is 1.00 e. The Hall–Kier alpha value is -2.12. The Bertz CT molecular complexity index is 401. The molecule has 25 heavy (non-hydrogen) atoms. The number of hydrogen-bond acceptors (Lipinski definition) is 4. The highest BCUT2D eigenvalue weighted by Gasteiger charge is 2.01. The zero-order valence-electron chi connectivity index (χ0n) is 16.2. The normalized spacial score (nSPS) is 8.08. The lowest BCUT2D eigenvalue weighted by atomic mass is 10.3. The van der Waals surface area contributed by atoms with Gasteiger partial charge >= 0.3 is 11.9 Å². The van der Waals surface area contributed by atoms with Crippen LogP contribution in [0.1, 0.15) is 20.3 Å². The molecule has 0 aliphatic heterocycles. The third-order valence-electron chi connectivity index (χ3n) is 1.86. The van der Waals surface area contributed by atoms with Crippen LogP contribution in [-0.2, 0) is 19.1 Å². The molecule has 0 unspecified atom stereocenters. The van der Waals surface area contributed by atoms with Crippen LogP contribution in [0.4, 0.5) is 0 Å². The molecule has 0 aromatic heterocycles. The monoisotopic (exact) mass is 380 g/mol. The van der Waals surface area contributed by atoms with Crippen LogP contribution in [-0.4, -0.2) is 62.2 Å². The number of rotatable bonds is 5. The number of esters is 1. The van der Waals surface area contributed by atoms with Crippen LogP contribution < -0.4 is 18.1 Å². The highest BCUT2D eigenvalue weighted by atomic mass is 35.5. The number of carboxylic acid groups (broad SMARTS) is 1. The number of nitrogens with two attached hydrogens (primary N) is 1. The van der Waals surface area contributed by atoms with Gasteiger partial charge in [0.1, 0.15) is 0 Å². The van der Waals surface area contributed by atoms with E-state index in [1.807, 2.05) is 0 Å². The molecule has 8 heteroatoms. The third kappa shape index (κ3) is 61.3. The molecule has 0 saturated heterocycles. The molecule has 1 amide bonds. The van der Waals surface area contributed by atoms with Crippen molar-refractivity contribution in [2.24, 2.45) is 5.73 Å². The van der Waals surface area contributed by atoms with Crippen molar-refractivity contribution in [3.05, 3.63) is 37.5 Å². The first kappa shape index (κ1) is 34.3. The van der Waals surface area contributed by atoms with Crippen molar-refractivity contribution in [2.45, 2.75) is 20.3 Å². The standard InChI is InChI=1S/C6H16N.C4H7NO.C4H6O2.C3H4O2.ClH/c1-5-6-7(2,3)4;1-3(2)4(5)6;1-3-4(5)6-2;1-2-3(4)5;/h5-6H2,1-4H3;1H2,2H3,(H2,5,6);3H,1H2,2H3;2H,1H2,(H,4,5);1H/q+1;;;;/p-1. The average Bonchev–Trinajstić information content (AvgIpc) is 2.46. The summed E-state index contributed by atoms with van der Waals surface area (Å²) in [5, 5.41) is 7.60. The highest BCUT2D eigenvalue weighted by Crippen LogP contribution is 1.90. The summed E-state index contributed by atoms with van der Waals surface area (Å²) in [5.41, 5.74) is 5.09. The molecule has 0 spiro atoms. The van der Waals surface area contributed by atoms with Crippen molar-refractivity contribution in [3.63, 3.8) is 0 Å². The van der Waals surface area contributed by atoms with Crippen LogP contribution in [0.3, 0.4) is 0 Å². The fourth-order valence-electron chi connectivity index (χ4n) is 0.754. The van der Waals surface area contributed by atoms with E-state index in [0.29, 0.717) is 5.57 Å². The minimum Gasteiger partial charge on any atom is -1.00 e. The highest BCUT2D eigenvalue weighted by molar-refractivity contribution is 5.90. The van der Waals surface area contributed by atoms with Gasteiger partial charge in [0.05, 0.1) is 34.8 Å². The number of methoxy groups -OCH3 is 1. The smallest absolute Gasteiger partial charge is 0.329 e. The van der Waals surface area contributed by atoms with Gasteiger partial charge < -0.3 is 32.5 Å². The minimum absolute atomic E-state index is 0. The fourth-order valence-corrected chi connectivity index (χ4v) is 0.754. The molecule has 0 aliphatic rings. The zero-order chi connectivity index (χ0) is 20.3. The first-order valence-electron chi connectivity index (χ1n) is 7.10. The van der Waals surface area contributed by atoms with Gasteiger partial charge in [-0.25, -0.2) is 9.59 Å². The summed E-state index contributed by atoms with van der Waals surface area (Å²) >= 11 is 0. The number of hydrogen-bond donors (Lipinski definition) is 2. The van der Waals surface area contributed by atoms with Crippen LogP contribution in [0, 0.1) is 0 Å². The minimum atomic E-state index is -0.981. The maximum Gasteiger partial charge on any atom is 0.329 e. The van der Waals surface area contributed by atoms with Gasteiger partial charge in [-0.2, -0.15) is 0 Å². The number of carbonyl (C=O) groups is 3. The Labute approximate surface area is 157 Å². The van der Waals surface area contributed by atoms with E-state index in [4.69, 9.17) is 10.8 Å². The molecule has 0 atom stereocenters. The quantitative estimate of drug-likeness (QED) is 0.352. The molecule has 0 heterocycles. The Balaban J connectivity index is -0.0000000706. The van der Waals surface area contributed by atoms with Crippen LogP contribution in [0.25, 0.3) is 0 Å². The van der Waals surface area contributed by atoms with Gasteiger partial charge in [0.25, 0.3) is 0 Å². The van der Waals surface area contributed by atoms with Crippen LogP contribution >= 0.6 is 0 Å². The van der Waals surface area contributed by atoms with E-state index in [1.54, 1.807) is 6.92 Å². The molecule has 0 aromatic rings. The Kier molecular flexibility index (Phi) is 30.0. The predicted octanol–water partition coefficient (Wildman–Crippen LogP) is -1.24. The molecule has 0 aromatic carbocycles. The SMILES string of the molecule is C=C(C)C(N)=O.C=CC(=O)O.C=CC(=O)OC.CCC[N+](C)(C)C.[Cl-]. The van der Waals surface area contributed by atoms with Crippen molar-refractivity contribution >= 4 is 17.8 Å². The number of ether oxygens (including phenoxy) is 1. The molecule has 0 rings (SSSR count). The number of primary amides is 1. The average molecular weight is 381 g/mol. The summed E-state index contributed by atoms with van der Waals surface area (Å²) < 4.78 is 5.24. The van der Waals surface area contributed by atoms with Gasteiger partial charge in [-0.3, -0.25) is 4.79 Å². The van der Waals surface area contributed by atoms with E-state index in [-0.39, 0.29) is 12.4 Å². The lowest BCUT2D eigenvalue weighted by Crippen LogP contribution is -3.00. The molecule has 0 bridgehead atoms. The number of carboxylic acids is 1. The summed E-state index contributed by atoms with van der Waals surface area (Å²) in [5.74, 6) is -1.81. The van der Waals surface area contributed by atoms with Gasteiger partial charge in [0.2, 0.25) is 5.91 Å². The number of nitrogens with zero attached hydrogens (tertiary/aromatic N) is 1. The van der Waals surface area contributed by atoms with E-state index in [1.165, 1.54) is 20.1 Å². The second kappa shape index (κ2) is 21.9. The summed E-state index contributed by atoms with van der Waals surface area (Å²) in [6.45, 7) is 14.5. The molecule has 148 valence electrons. The van der Waals surface area contributed by atoms with Crippen molar-refractivity contribution in [1.29, 1.82) is 0 Å². The van der Waals surface area contributed by atoms with E-state index >= 15 is 0 Å². The van der Waals surface area contributed by atoms with Gasteiger partial charge in [-0.1, -0.05) is 26.7 Å². The molecule has 0 saturated carbocycles. The van der Waals surface area contributed by atoms with Crippen molar-refractivity contribution in [3.8, 4) is 0 Å². The number of aliphatic carboxylic acids is 1. The van der Waals surface area contributed by atoms with Gasteiger partial charge in [-0.05, 0) is 13.3 Å². The first-order valence-corrected chi connectivity index (χ1v) is 7.10. The van der Waals surface area contributed by atoms with Crippen LogP contribution in [0.2, 0.25) is 0 Å². The topological polar surface area (TPSA) is 107 Å². The van der Waals surface area contributed by atoms with E-state index in [0.717, 1.165) is 16.6 Å². The van der Waals surface area contributed by atoms with Crippen LogP contribution in [0.5, 0.6) is 0 Å². The van der Waals surface area contributed by atoms with Gasteiger partial charge in [0, 0.05) is 17.7 Å². The van der Waals surface area contributed by atoms with Gasteiger partial charge in [0.15, 0.2) is 0 Å². The summed E-state index contributed by atoms with van der Waals surface area (Å²) in [6.07, 6.45) is 3.23. The fraction of sp³-hybridized carbons (Fsp3) is 0.471. The van der Waals surface area contributed by atoms with E-state index in [9.17, 15) is 14.4 Å². The summed E-state index contributed by atoms with van der Waals surface area (Å²) in [6, 6.07) is 0. The number of halogens is 1. The predicted molar refractivity (Wildman–Crippen MR) is 97.2 cm³/mol. The second-order valence-electron chi connectivity index (χ2n) is 5.43. The first-order chi connectivity index (χ1) is 10.8. The number of amides is 1. The Morgan fingerprint density at radius 1 is 1.16 bits per heavy atom. The molecular weight excluding hydrogens is 348 g/mol. The number of quaternary nitrogens is 1. The maximum absolute atomic E-state index is 9.84. The molecule has 0 aliphatic carbocycles. The zero-order valence-corrected chi connectivity index (χ0v) is 16.9. The van der Waals surface area contributed by atoms with Crippen molar-refractivity contribution in [2.75, 3.05) is 34.8 Å². The Morgan fingerprint density at radius 3 is 1.48 bits per heavy atom. The summed E-state index contributed by atoms with van der Waals surface area (Å²) in [4.78, 5) is 28.9. The molecule has 0 radical (unpaired) electrons. The lowest BCUT2D eigenvalue weighted by Gasteiger charge is -2.22. The molecular formula is C17H33ClN2O5. The van der Waals surface area contributed by atoms with Crippen molar-refractivity contribution in [1.82, 2.24) is 0 Å². The second-order valence-corrected chi connectivity index (χ2v) is 5.43. The third-order valence-corrected chi connectivity index (χ3v) is 1.86. The molecule has 7 nitrogen and oxygen atoms in total. The Morgan fingerprint density at radius 2 is 1.48 bits per heavy atom. The van der Waals surface area contributed by atoms with Gasteiger partial charge in [-0.15, -0.1) is 0 Å². The van der Waals surface area contributed by atoms with E-state index in [2.05, 4.69) is 52.5 Å². The lowest BCUT2D eigenvalue weighted by molar-refractivity contribution is -0.870.